The molecular weight excluding hydrogens is 308 g/mol. The highest BCUT2D eigenvalue weighted by Gasteiger charge is 2.64. The summed E-state index contributed by atoms with van der Waals surface area (Å²) in [5, 5.41) is 0. The summed E-state index contributed by atoms with van der Waals surface area (Å²) in [4.78, 5) is 12.0. The van der Waals surface area contributed by atoms with Crippen molar-refractivity contribution in [3.05, 3.63) is 36.5 Å². The van der Waals surface area contributed by atoms with E-state index in [0.717, 1.165) is 43.6 Å². The molecule has 25 heavy (non-hydrogen) atoms. The van der Waals surface area contributed by atoms with Gasteiger partial charge in [0.1, 0.15) is 0 Å². The molecule has 1 spiro atoms. The minimum Gasteiger partial charge on any atom is -0.366 e. The van der Waals surface area contributed by atoms with Crippen molar-refractivity contribution in [3.63, 3.8) is 0 Å². The van der Waals surface area contributed by atoms with Crippen LogP contribution in [-0.2, 0) is 9.53 Å². The zero-order chi connectivity index (χ0) is 17.2. The Kier molecular flexibility index (Phi) is 3.48. The lowest BCUT2D eigenvalue weighted by atomic mass is 9.48. The van der Waals surface area contributed by atoms with E-state index in [1.165, 1.54) is 31.3 Å². The fourth-order valence-electron chi connectivity index (χ4n) is 7.56. The van der Waals surface area contributed by atoms with Gasteiger partial charge in [-0.15, -0.1) is 6.58 Å². The van der Waals surface area contributed by atoms with Crippen LogP contribution in [-0.4, -0.2) is 18.0 Å². The van der Waals surface area contributed by atoms with E-state index in [0.29, 0.717) is 17.6 Å². The molecule has 3 saturated carbocycles. The summed E-state index contributed by atoms with van der Waals surface area (Å²) < 4.78 is 6.35. The summed E-state index contributed by atoms with van der Waals surface area (Å²) in [7, 11) is 0. The predicted octanol–water partition coefficient (Wildman–Crippen LogP) is 4.87. The van der Waals surface area contributed by atoms with E-state index in [9.17, 15) is 4.79 Å². The molecule has 3 fully saturated rings. The van der Waals surface area contributed by atoms with Gasteiger partial charge < -0.3 is 4.74 Å². The van der Waals surface area contributed by atoms with E-state index in [2.05, 4.69) is 31.7 Å². The number of hydrogen-bond acceptors (Lipinski definition) is 2. The zero-order valence-electron chi connectivity index (χ0n) is 15.4. The molecule has 0 aromatic heterocycles. The largest absolute Gasteiger partial charge is 0.366 e. The number of ether oxygens (including phenoxy) is 1. The van der Waals surface area contributed by atoms with Crippen LogP contribution < -0.4 is 0 Å². The summed E-state index contributed by atoms with van der Waals surface area (Å²) in [6.07, 6.45) is 16.8. The molecule has 0 aromatic rings. The third-order valence-corrected chi connectivity index (χ3v) is 8.70. The zero-order valence-corrected chi connectivity index (χ0v) is 15.4. The van der Waals surface area contributed by atoms with E-state index in [1.54, 1.807) is 0 Å². The molecule has 0 saturated heterocycles. The highest BCUT2D eigenvalue weighted by Crippen LogP contribution is 2.67. The Morgan fingerprint density at radius 2 is 2.16 bits per heavy atom. The smallest absolute Gasteiger partial charge is 0.155 e. The lowest BCUT2D eigenvalue weighted by Gasteiger charge is -2.57. The van der Waals surface area contributed by atoms with E-state index >= 15 is 0 Å². The number of allylic oxidation sites excluding steroid dienone is 2. The maximum atomic E-state index is 12.0. The quantitative estimate of drug-likeness (QED) is 0.638. The molecule has 0 radical (unpaired) electrons. The highest BCUT2D eigenvalue weighted by molar-refractivity contribution is 5.91. The third-order valence-electron chi connectivity index (χ3n) is 8.70. The second-order valence-electron chi connectivity index (χ2n) is 9.38. The average Bonchev–Trinajstić information content (AvgIpc) is 3.20. The van der Waals surface area contributed by atoms with Gasteiger partial charge in [0.05, 0.1) is 12.2 Å². The highest BCUT2D eigenvalue weighted by atomic mass is 16.5. The fourth-order valence-corrected chi connectivity index (χ4v) is 7.56. The molecule has 4 aliphatic carbocycles. The van der Waals surface area contributed by atoms with Crippen LogP contribution in [0.15, 0.2) is 36.5 Å². The Hall–Kier alpha value is -1.15. The van der Waals surface area contributed by atoms with Gasteiger partial charge >= 0.3 is 0 Å². The number of ketones is 1. The minimum atomic E-state index is -0.00694. The topological polar surface area (TPSA) is 26.3 Å². The molecule has 1 aliphatic heterocycles. The van der Waals surface area contributed by atoms with Crippen molar-refractivity contribution < 1.29 is 9.53 Å². The Morgan fingerprint density at radius 3 is 2.92 bits per heavy atom. The van der Waals surface area contributed by atoms with Crippen LogP contribution in [0.1, 0.15) is 51.9 Å². The molecule has 0 aromatic carbocycles. The lowest BCUT2D eigenvalue weighted by Crippen LogP contribution is -2.54. The maximum absolute atomic E-state index is 12.0. The van der Waals surface area contributed by atoms with Crippen LogP contribution in [0.25, 0.3) is 0 Å². The van der Waals surface area contributed by atoms with Gasteiger partial charge in [0.25, 0.3) is 0 Å². The van der Waals surface area contributed by atoms with E-state index in [-0.39, 0.29) is 11.0 Å². The average molecular weight is 338 g/mol. The summed E-state index contributed by atoms with van der Waals surface area (Å²) in [5.74, 6) is 3.73. The van der Waals surface area contributed by atoms with Crippen molar-refractivity contribution in [1.29, 1.82) is 0 Å². The van der Waals surface area contributed by atoms with E-state index < -0.39 is 0 Å². The molecule has 0 N–H and O–H groups in total. The van der Waals surface area contributed by atoms with Crippen molar-refractivity contribution in [3.8, 4) is 0 Å². The Labute approximate surface area is 151 Å². The van der Waals surface area contributed by atoms with E-state index in [4.69, 9.17) is 4.74 Å². The van der Waals surface area contributed by atoms with Gasteiger partial charge in [-0.05, 0) is 74.2 Å². The van der Waals surface area contributed by atoms with Crippen molar-refractivity contribution in [2.45, 2.75) is 57.5 Å². The number of fused-ring (bicyclic) bond motifs is 6. The normalized spacial score (nSPS) is 51.0. The number of rotatable bonds is 1. The van der Waals surface area contributed by atoms with Crippen molar-refractivity contribution >= 4 is 5.78 Å². The second-order valence-corrected chi connectivity index (χ2v) is 9.38. The van der Waals surface area contributed by atoms with Crippen LogP contribution in [0.4, 0.5) is 0 Å². The first-order valence-electron chi connectivity index (χ1n) is 10.3. The summed E-state index contributed by atoms with van der Waals surface area (Å²) in [5.41, 5.74) is 1.71. The Bertz CT molecular complexity index is 674. The molecular formula is C23H30O2. The first kappa shape index (κ1) is 16.1. The van der Waals surface area contributed by atoms with Gasteiger partial charge in [-0.25, -0.2) is 0 Å². The summed E-state index contributed by atoms with van der Waals surface area (Å²) in [6, 6.07) is 0. The van der Waals surface area contributed by atoms with Gasteiger partial charge in [0.15, 0.2) is 5.78 Å². The molecule has 7 atom stereocenters. The van der Waals surface area contributed by atoms with Crippen LogP contribution in [0.2, 0.25) is 0 Å². The SMILES string of the molecule is C=C[C@@H]1CC2=CC(=O)CC[C@@H]2C2CC[C@@]3(C)C(CC[C@@]34C=CCO4)C21. The molecule has 5 rings (SSSR count). The van der Waals surface area contributed by atoms with Gasteiger partial charge in [-0.1, -0.05) is 30.7 Å². The Morgan fingerprint density at radius 1 is 1.28 bits per heavy atom. The van der Waals surface area contributed by atoms with Crippen LogP contribution in [0.3, 0.4) is 0 Å². The number of hydrogen-bond donors (Lipinski definition) is 0. The predicted molar refractivity (Wildman–Crippen MR) is 99.0 cm³/mol. The van der Waals surface area contributed by atoms with Crippen LogP contribution in [0.5, 0.6) is 0 Å². The summed E-state index contributed by atoms with van der Waals surface area (Å²) in [6.45, 7) is 7.50. The first-order chi connectivity index (χ1) is 12.1. The third kappa shape index (κ3) is 2.04. The van der Waals surface area contributed by atoms with Crippen LogP contribution >= 0.6 is 0 Å². The lowest BCUT2D eigenvalue weighted by molar-refractivity contribution is -0.121. The monoisotopic (exact) mass is 338 g/mol. The van der Waals surface area contributed by atoms with E-state index in [1.807, 2.05) is 6.08 Å². The number of carbonyl (C=O) groups is 1. The molecule has 5 aliphatic rings. The van der Waals surface area contributed by atoms with Gasteiger partial charge in [0.2, 0.25) is 0 Å². The summed E-state index contributed by atoms with van der Waals surface area (Å²) >= 11 is 0. The minimum absolute atomic E-state index is 0.00694. The van der Waals surface area contributed by atoms with Gasteiger partial charge in [-0.2, -0.15) is 0 Å². The van der Waals surface area contributed by atoms with Crippen LogP contribution in [0, 0.1) is 35.0 Å². The standard InChI is InChI=1S/C23H30O2/c1-3-15-13-16-14-17(24)5-6-18(16)19-7-10-22(2)20(21(15)19)8-11-23(22)9-4-12-25-23/h3-4,9,14-15,18-21H,1,5-8,10-13H2,2H3/t15-,18+,19?,20?,21?,22+,23+/m1/s1. The molecule has 134 valence electrons. The second kappa shape index (κ2) is 5.42. The number of carbonyl (C=O) groups excluding carboxylic acids is 1. The molecule has 0 bridgehead atoms. The molecule has 0 amide bonds. The maximum Gasteiger partial charge on any atom is 0.155 e. The van der Waals surface area contributed by atoms with Gasteiger partial charge in [0, 0.05) is 11.8 Å². The van der Waals surface area contributed by atoms with Crippen molar-refractivity contribution in [2.24, 2.45) is 35.0 Å². The van der Waals surface area contributed by atoms with Crippen molar-refractivity contribution in [1.82, 2.24) is 0 Å². The Balaban J connectivity index is 1.53. The molecule has 1 heterocycles. The molecule has 3 unspecified atom stereocenters. The molecule has 2 heteroatoms. The first-order valence-corrected chi connectivity index (χ1v) is 10.3. The van der Waals surface area contributed by atoms with Gasteiger partial charge in [-0.3, -0.25) is 4.79 Å². The molecule has 2 nitrogen and oxygen atoms in total. The fraction of sp³-hybridized carbons (Fsp3) is 0.696. The van der Waals surface area contributed by atoms with Crippen molar-refractivity contribution in [2.75, 3.05) is 6.61 Å².